The second-order valence-corrected chi connectivity index (χ2v) is 4.55. The van der Waals surface area contributed by atoms with Crippen molar-refractivity contribution < 1.29 is 19.1 Å². The number of aliphatic carboxylic acids is 1. The Labute approximate surface area is 106 Å². The number of hydrogen-bond donors (Lipinski definition) is 2. The van der Waals surface area contributed by atoms with E-state index >= 15 is 0 Å². The molecule has 0 aliphatic carbocycles. The highest BCUT2D eigenvalue weighted by molar-refractivity contribution is 5.97. The van der Waals surface area contributed by atoms with Crippen LogP contribution >= 0.6 is 0 Å². The van der Waals surface area contributed by atoms with Gasteiger partial charge < -0.3 is 14.8 Å². The Balaban J connectivity index is 2.87. The minimum absolute atomic E-state index is 0.187. The molecule has 0 fully saturated rings. The average molecular weight is 253 g/mol. The molecule has 0 aliphatic heterocycles. The highest BCUT2D eigenvalue weighted by atomic mass is 16.4. The van der Waals surface area contributed by atoms with Crippen molar-refractivity contribution in [3.8, 4) is 0 Å². The molecule has 0 aliphatic rings. The minimum Gasteiger partial charge on any atom is -0.480 e. The number of carboxylic acid groups (broad SMARTS) is 1. The lowest BCUT2D eigenvalue weighted by atomic mass is 10.1. The monoisotopic (exact) mass is 253 g/mol. The van der Waals surface area contributed by atoms with Crippen LogP contribution in [0.15, 0.2) is 10.5 Å². The molecule has 0 saturated carbocycles. The van der Waals surface area contributed by atoms with E-state index in [0.717, 1.165) is 5.76 Å². The summed E-state index contributed by atoms with van der Waals surface area (Å²) in [5, 5.41) is 11.4. The molecule has 1 rings (SSSR count). The van der Waals surface area contributed by atoms with Gasteiger partial charge >= 0.3 is 5.97 Å². The van der Waals surface area contributed by atoms with Gasteiger partial charge in [-0.3, -0.25) is 4.79 Å². The van der Waals surface area contributed by atoms with E-state index in [9.17, 15) is 9.59 Å². The SMILES string of the molecule is CCC(NC(=O)c1cc(C(C)C)oc1C)C(=O)O. The Morgan fingerprint density at radius 3 is 2.44 bits per heavy atom. The molecule has 1 aromatic heterocycles. The molecule has 0 spiro atoms. The summed E-state index contributed by atoms with van der Waals surface area (Å²) >= 11 is 0. The van der Waals surface area contributed by atoms with Crippen molar-refractivity contribution in [3.05, 3.63) is 23.2 Å². The largest absolute Gasteiger partial charge is 0.480 e. The molecular weight excluding hydrogens is 234 g/mol. The van der Waals surface area contributed by atoms with E-state index in [2.05, 4.69) is 5.32 Å². The number of hydrogen-bond acceptors (Lipinski definition) is 3. The number of rotatable bonds is 5. The van der Waals surface area contributed by atoms with Gasteiger partial charge in [0.2, 0.25) is 0 Å². The normalized spacial score (nSPS) is 12.5. The van der Waals surface area contributed by atoms with Gasteiger partial charge in [-0.1, -0.05) is 20.8 Å². The molecule has 100 valence electrons. The van der Waals surface area contributed by atoms with Crippen LogP contribution in [0.5, 0.6) is 0 Å². The summed E-state index contributed by atoms with van der Waals surface area (Å²) in [6, 6.07) is 0.804. The molecule has 0 bridgehead atoms. The molecule has 1 atom stereocenters. The van der Waals surface area contributed by atoms with Crippen LogP contribution in [-0.2, 0) is 4.79 Å². The van der Waals surface area contributed by atoms with Gasteiger partial charge in [-0.15, -0.1) is 0 Å². The summed E-state index contributed by atoms with van der Waals surface area (Å²) in [5.74, 6) is -0.0161. The summed E-state index contributed by atoms with van der Waals surface area (Å²) < 4.78 is 5.46. The molecule has 1 amide bonds. The van der Waals surface area contributed by atoms with Gasteiger partial charge in [0, 0.05) is 5.92 Å². The minimum atomic E-state index is -1.03. The maximum Gasteiger partial charge on any atom is 0.326 e. The van der Waals surface area contributed by atoms with Crippen molar-refractivity contribution in [1.82, 2.24) is 5.32 Å². The van der Waals surface area contributed by atoms with Crippen molar-refractivity contribution in [1.29, 1.82) is 0 Å². The first kappa shape index (κ1) is 14.3. The lowest BCUT2D eigenvalue weighted by molar-refractivity contribution is -0.139. The number of carboxylic acids is 1. The molecule has 18 heavy (non-hydrogen) atoms. The van der Waals surface area contributed by atoms with E-state index in [4.69, 9.17) is 9.52 Å². The van der Waals surface area contributed by atoms with Crippen LogP contribution in [0, 0.1) is 6.92 Å². The molecular formula is C13H19NO4. The second-order valence-electron chi connectivity index (χ2n) is 4.55. The first-order valence-corrected chi connectivity index (χ1v) is 6.00. The predicted molar refractivity (Wildman–Crippen MR) is 66.7 cm³/mol. The van der Waals surface area contributed by atoms with Crippen LogP contribution in [-0.4, -0.2) is 23.0 Å². The predicted octanol–water partition coefficient (Wildman–Crippen LogP) is 2.30. The molecule has 1 heterocycles. The highest BCUT2D eigenvalue weighted by Crippen LogP contribution is 2.21. The van der Waals surface area contributed by atoms with E-state index in [-0.39, 0.29) is 5.92 Å². The zero-order chi connectivity index (χ0) is 13.9. The molecule has 0 aromatic carbocycles. The summed E-state index contributed by atoms with van der Waals surface area (Å²) in [5.41, 5.74) is 0.401. The standard InChI is InChI=1S/C13H19NO4/c1-5-10(13(16)17)14-12(15)9-6-11(7(2)3)18-8(9)4/h6-7,10H,5H2,1-4H3,(H,14,15)(H,16,17). The van der Waals surface area contributed by atoms with E-state index in [0.29, 0.717) is 17.7 Å². The van der Waals surface area contributed by atoms with E-state index in [1.54, 1.807) is 19.9 Å². The topological polar surface area (TPSA) is 79.5 Å². The van der Waals surface area contributed by atoms with E-state index < -0.39 is 17.9 Å². The zero-order valence-electron chi connectivity index (χ0n) is 11.1. The van der Waals surface area contributed by atoms with Crippen LogP contribution in [0.1, 0.15) is 55.0 Å². The quantitative estimate of drug-likeness (QED) is 0.843. The van der Waals surface area contributed by atoms with Gasteiger partial charge in [-0.25, -0.2) is 4.79 Å². The molecule has 0 saturated heterocycles. The molecule has 2 N–H and O–H groups in total. The van der Waals surface area contributed by atoms with Crippen LogP contribution in [0.25, 0.3) is 0 Å². The van der Waals surface area contributed by atoms with Crippen molar-refractivity contribution in [3.63, 3.8) is 0 Å². The van der Waals surface area contributed by atoms with Crippen molar-refractivity contribution in [2.75, 3.05) is 0 Å². The zero-order valence-corrected chi connectivity index (χ0v) is 11.1. The third kappa shape index (κ3) is 3.12. The van der Waals surface area contributed by atoms with Crippen LogP contribution in [0.3, 0.4) is 0 Å². The fraction of sp³-hybridized carbons (Fsp3) is 0.538. The Morgan fingerprint density at radius 2 is 2.06 bits per heavy atom. The van der Waals surface area contributed by atoms with Gasteiger partial charge in [0.05, 0.1) is 5.56 Å². The maximum absolute atomic E-state index is 11.9. The Hall–Kier alpha value is -1.78. The maximum atomic E-state index is 11.9. The summed E-state index contributed by atoms with van der Waals surface area (Å²) in [7, 11) is 0. The molecule has 0 radical (unpaired) electrons. The lowest BCUT2D eigenvalue weighted by Gasteiger charge is -2.11. The average Bonchev–Trinajstić information content (AvgIpc) is 2.67. The second kappa shape index (κ2) is 5.71. The number of carbonyl (C=O) groups is 2. The lowest BCUT2D eigenvalue weighted by Crippen LogP contribution is -2.40. The highest BCUT2D eigenvalue weighted by Gasteiger charge is 2.22. The number of amides is 1. The third-order valence-electron chi connectivity index (χ3n) is 2.76. The Morgan fingerprint density at radius 1 is 1.44 bits per heavy atom. The number of furan rings is 1. The molecule has 1 unspecified atom stereocenters. The van der Waals surface area contributed by atoms with Crippen LogP contribution in [0.2, 0.25) is 0 Å². The summed E-state index contributed by atoms with van der Waals surface area (Å²) in [6.45, 7) is 7.33. The van der Waals surface area contributed by atoms with Gasteiger partial charge in [0.15, 0.2) is 0 Å². The fourth-order valence-corrected chi connectivity index (χ4v) is 1.59. The van der Waals surface area contributed by atoms with E-state index in [1.807, 2.05) is 13.8 Å². The van der Waals surface area contributed by atoms with Crippen LogP contribution in [0.4, 0.5) is 0 Å². The number of aryl methyl sites for hydroxylation is 1. The van der Waals surface area contributed by atoms with Gasteiger partial charge in [0.25, 0.3) is 5.91 Å². The first-order chi connectivity index (χ1) is 8.36. The summed E-state index contributed by atoms with van der Waals surface area (Å²) in [4.78, 5) is 22.8. The van der Waals surface area contributed by atoms with E-state index in [1.165, 1.54) is 0 Å². The van der Waals surface area contributed by atoms with Gasteiger partial charge in [-0.2, -0.15) is 0 Å². The first-order valence-electron chi connectivity index (χ1n) is 6.00. The fourth-order valence-electron chi connectivity index (χ4n) is 1.59. The third-order valence-corrected chi connectivity index (χ3v) is 2.76. The Bertz CT molecular complexity index is 448. The smallest absolute Gasteiger partial charge is 0.326 e. The van der Waals surface area contributed by atoms with Crippen molar-refractivity contribution in [2.24, 2.45) is 0 Å². The van der Waals surface area contributed by atoms with Crippen molar-refractivity contribution in [2.45, 2.75) is 46.1 Å². The molecule has 5 nitrogen and oxygen atoms in total. The molecule has 5 heteroatoms. The number of carbonyl (C=O) groups excluding carboxylic acids is 1. The van der Waals surface area contributed by atoms with Gasteiger partial charge in [-0.05, 0) is 19.4 Å². The number of nitrogens with one attached hydrogen (secondary N) is 1. The van der Waals surface area contributed by atoms with Crippen molar-refractivity contribution >= 4 is 11.9 Å². The summed E-state index contributed by atoms with van der Waals surface area (Å²) in [6.07, 6.45) is 0.342. The Kier molecular flexibility index (Phi) is 4.53. The molecule has 1 aromatic rings. The van der Waals surface area contributed by atoms with Gasteiger partial charge in [0.1, 0.15) is 17.6 Å². The van der Waals surface area contributed by atoms with Crippen LogP contribution < -0.4 is 5.32 Å².